The summed E-state index contributed by atoms with van der Waals surface area (Å²) < 4.78 is 29.3. The van der Waals surface area contributed by atoms with E-state index >= 15 is 0 Å². The molecule has 0 aliphatic carbocycles. The summed E-state index contributed by atoms with van der Waals surface area (Å²) in [5, 5.41) is 11.4. The lowest BCUT2D eigenvalue weighted by Gasteiger charge is -2.34. The molecule has 0 amide bonds. The highest BCUT2D eigenvalue weighted by Crippen LogP contribution is 2.35. The van der Waals surface area contributed by atoms with E-state index in [0.29, 0.717) is 25.4 Å². The van der Waals surface area contributed by atoms with Crippen molar-refractivity contribution >= 4 is 21.2 Å². The van der Waals surface area contributed by atoms with Gasteiger partial charge in [0, 0.05) is 19.3 Å². The zero-order valence-electron chi connectivity index (χ0n) is 12.7. The maximum atomic E-state index is 11.8. The van der Waals surface area contributed by atoms with Crippen molar-refractivity contribution in [2.24, 2.45) is 0 Å². The summed E-state index contributed by atoms with van der Waals surface area (Å²) in [6, 6.07) is 4.42. The zero-order valence-corrected chi connectivity index (χ0v) is 13.5. The van der Waals surface area contributed by atoms with Gasteiger partial charge in [-0.25, -0.2) is 8.42 Å². The second-order valence-electron chi connectivity index (χ2n) is 5.38. The SMILES string of the molecule is CCCC1CN(c2cccc(S(C)(=O)=O)c2[N+](=O)[O-])CCO1. The summed E-state index contributed by atoms with van der Waals surface area (Å²) in [6.07, 6.45) is 2.83. The molecule has 1 unspecified atom stereocenters. The van der Waals surface area contributed by atoms with Crippen molar-refractivity contribution in [2.75, 3.05) is 30.9 Å². The summed E-state index contributed by atoms with van der Waals surface area (Å²) in [5.74, 6) is 0. The second-order valence-corrected chi connectivity index (χ2v) is 7.36. The van der Waals surface area contributed by atoms with Crippen molar-refractivity contribution in [2.45, 2.75) is 30.8 Å². The summed E-state index contributed by atoms with van der Waals surface area (Å²) in [4.78, 5) is 12.4. The number of hydrogen-bond donors (Lipinski definition) is 0. The van der Waals surface area contributed by atoms with Crippen molar-refractivity contribution in [3.8, 4) is 0 Å². The van der Waals surface area contributed by atoms with Crippen LogP contribution in [0.25, 0.3) is 0 Å². The van der Waals surface area contributed by atoms with Gasteiger partial charge in [0.25, 0.3) is 0 Å². The van der Waals surface area contributed by atoms with Crippen LogP contribution >= 0.6 is 0 Å². The molecular formula is C14H20N2O5S. The Hall–Kier alpha value is -1.67. The third kappa shape index (κ3) is 3.56. The van der Waals surface area contributed by atoms with Gasteiger partial charge in [-0.1, -0.05) is 19.4 Å². The summed E-state index contributed by atoms with van der Waals surface area (Å²) in [6.45, 7) is 3.57. The predicted molar refractivity (Wildman–Crippen MR) is 83.1 cm³/mol. The Labute approximate surface area is 129 Å². The average molecular weight is 328 g/mol. The standard InChI is InChI=1S/C14H20N2O5S/c1-3-5-11-10-15(8-9-21-11)12-6-4-7-13(22(2,19)20)14(12)16(17)18/h4,6-7,11H,3,5,8-10H2,1-2H3. The van der Waals surface area contributed by atoms with Crippen molar-refractivity contribution < 1.29 is 18.1 Å². The van der Waals surface area contributed by atoms with Crippen molar-refractivity contribution in [1.82, 2.24) is 0 Å². The van der Waals surface area contributed by atoms with Crippen molar-refractivity contribution in [3.05, 3.63) is 28.3 Å². The van der Waals surface area contributed by atoms with Gasteiger partial charge in [-0.15, -0.1) is 0 Å². The molecule has 22 heavy (non-hydrogen) atoms. The maximum Gasteiger partial charge on any atom is 0.311 e. The lowest BCUT2D eigenvalue weighted by atomic mass is 10.1. The van der Waals surface area contributed by atoms with Crippen LogP contribution in [0.15, 0.2) is 23.1 Å². The van der Waals surface area contributed by atoms with Crippen LogP contribution in [-0.2, 0) is 14.6 Å². The molecule has 1 atom stereocenters. The van der Waals surface area contributed by atoms with E-state index in [1.807, 2.05) is 4.90 Å². The summed E-state index contributed by atoms with van der Waals surface area (Å²) in [7, 11) is -3.66. The highest BCUT2D eigenvalue weighted by atomic mass is 32.2. The summed E-state index contributed by atoms with van der Waals surface area (Å²) >= 11 is 0. The molecule has 0 N–H and O–H groups in total. The largest absolute Gasteiger partial charge is 0.375 e. The van der Waals surface area contributed by atoms with Crippen LogP contribution in [0, 0.1) is 10.1 Å². The molecule has 2 rings (SSSR count). The molecule has 1 saturated heterocycles. The number of sulfone groups is 1. The number of para-hydroxylation sites is 1. The van der Waals surface area contributed by atoms with E-state index in [2.05, 4.69) is 6.92 Å². The number of nitro benzene ring substituents is 1. The first-order valence-electron chi connectivity index (χ1n) is 7.18. The molecule has 1 aromatic carbocycles. The fourth-order valence-electron chi connectivity index (χ4n) is 2.68. The molecule has 1 aliphatic rings. The van der Waals surface area contributed by atoms with Gasteiger partial charge in [0.05, 0.1) is 17.6 Å². The quantitative estimate of drug-likeness (QED) is 0.606. The first-order chi connectivity index (χ1) is 10.3. The molecule has 8 heteroatoms. The number of morpholine rings is 1. The highest BCUT2D eigenvalue weighted by molar-refractivity contribution is 7.90. The minimum absolute atomic E-state index is 0.0141. The molecule has 0 bridgehead atoms. The van der Waals surface area contributed by atoms with E-state index in [1.165, 1.54) is 6.07 Å². The van der Waals surface area contributed by atoms with E-state index in [0.717, 1.165) is 19.1 Å². The van der Waals surface area contributed by atoms with Crippen LogP contribution in [0.3, 0.4) is 0 Å². The normalized spacial score (nSPS) is 19.2. The number of anilines is 1. The lowest BCUT2D eigenvalue weighted by molar-refractivity contribution is -0.387. The van der Waals surface area contributed by atoms with E-state index in [9.17, 15) is 18.5 Å². The van der Waals surface area contributed by atoms with E-state index < -0.39 is 14.8 Å². The molecule has 1 aromatic rings. The fourth-order valence-corrected chi connectivity index (χ4v) is 3.54. The van der Waals surface area contributed by atoms with Crippen LogP contribution in [0.4, 0.5) is 11.4 Å². The molecule has 1 aliphatic heterocycles. The van der Waals surface area contributed by atoms with Gasteiger partial charge in [0.15, 0.2) is 9.84 Å². The van der Waals surface area contributed by atoms with E-state index in [-0.39, 0.29) is 16.7 Å². The smallest absolute Gasteiger partial charge is 0.311 e. The van der Waals surface area contributed by atoms with Gasteiger partial charge in [0.1, 0.15) is 10.6 Å². The molecule has 0 radical (unpaired) electrons. The minimum Gasteiger partial charge on any atom is -0.375 e. The third-order valence-corrected chi connectivity index (χ3v) is 4.78. The Morgan fingerprint density at radius 2 is 2.18 bits per heavy atom. The Morgan fingerprint density at radius 1 is 1.45 bits per heavy atom. The molecule has 1 fully saturated rings. The van der Waals surface area contributed by atoms with Gasteiger partial charge in [-0.2, -0.15) is 0 Å². The number of nitro groups is 1. The van der Waals surface area contributed by atoms with Gasteiger partial charge in [-0.3, -0.25) is 10.1 Å². The minimum atomic E-state index is -3.66. The monoisotopic (exact) mass is 328 g/mol. The average Bonchev–Trinajstić information content (AvgIpc) is 2.46. The van der Waals surface area contributed by atoms with Gasteiger partial charge < -0.3 is 9.64 Å². The topological polar surface area (TPSA) is 89.8 Å². The maximum absolute atomic E-state index is 11.8. The number of ether oxygens (including phenoxy) is 1. The third-order valence-electron chi connectivity index (χ3n) is 3.65. The first kappa shape index (κ1) is 16.7. The van der Waals surface area contributed by atoms with E-state index in [4.69, 9.17) is 4.74 Å². The van der Waals surface area contributed by atoms with Crippen LogP contribution in [0.2, 0.25) is 0 Å². The van der Waals surface area contributed by atoms with Crippen LogP contribution in [0.1, 0.15) is 19.8 Å². The Bertz CT molecular complexity index is 657. The fraction of sp³-hybridized carbons (Fsp3) is 0.571. The molecule has 0 spiro atoms. The Kier molecular flexibility index (Phi) is 5.02. The predicted octanol–water partition coefficient (Wildman–Crippen LogP) is 2.00. The first-order valence-corrected chi connectivity index (χ1v) is 9.07. The molecule has 0 aromatic heterocycles. The van der Waals surface area contributed by atoms with Gasteiger partial charge in [0.2, 0.25) is 0 Å². The van der Waals surface area contributed by atoms with Gasteiger partial charge >= 0.3 is 5.69 Å². The van der Waals surface area contributed by atoms with Gasteiger partial charge in [-0.05, 0) is 18.6 Å². The molecule has 1 heterocycles. The van der Waals surface area contributed by atoms with Crippen molar-refractivity contribution in [1.29, 1.82) is 0 Å². The summed E-state index contributed by atoms with van der Waals surface area (Å²) in [5.41, 5.74) is -0.000485. The number of rotatable bonds is 5. The molecule has 122 valence electrons. The lowest BCUT2D eigenvalue weighted by Crippen LogP contribution is -2.42. The van der Waals surface area contributed by atoms with Crippen LogP contribution in [-0.4, -0.2) is 45.4 Å². The zero-order chi connectivity index (χ0) is 16.3. The molecule has 7 nitrogen and oxygen atoms in total. The van der Waals surface area contributed by atoms with E-state index in [1.54, 1.807) is 12.1 Å². The van der Waals surface area contributed by atoms with Crippen LogP contribution < -0.4 is 4.90 Å². The Balaban J connectivity index is 2.44. The van der Waals surface area contributed by atoms with Crippen molar-refractivity contribution in [3.63, 3.8) is 0 Å². The number of benzene rings is 1. The Morgan fingerprint density at radius 3 is 2.77 bits per heavy atom. The highest BCUT2D eigenvalue weighted by Gasteiger charge is 2.31. The number of nitrogens with zero attached hydrogens (tertiary/aromatic N) is 2. The van der Waals surface area contributed by atoms with Crippen LogP contribution in [0.5, 0.6) is 0 Å². The molecule has 0 saturated carbocycles. The molecular weight excluding hydrogens is 308 g/mol. The second kappa shape index (κ2) is 6.62. The number of hydrogen-bond acceptors (Lipinski definition) is 6.